The van der Waals surface area contributed by atoms with Crippen molar-refractivity contribution >= 4 is 5.91 Å². The molecule has 3 nitrogen and oxygen atoms in total. The zero-order chi connectivity index (χ0) is 12.1. The normalized spacial score (nSPS) is 16.1. The topological polar surface area (TPSA) is 42.0 Å². The second-order valence-corrected chi connectivity index (χ2v) is 4.88. The molecule has 1 aromatic rings. The summed E-state index contributed by atoms with van der Waals surface area (Å²) >= 11 is 0. The van der Waals surface area contributed by atoms with Crippen LogP contribution in [0.15, 0.2) is 18.3 Å². The van der Waals surface area contributed by atoms with Crippen LogP contribution in [0.2, 0.25) is 0 Å². The minimum atomic E-state index is -0.00417. The van der Waals surface area contributed by atoms with E-state index in [2.05, 4.69) is 10.3 Å². The van der Waals surface area contributed by atoms with E-state index in [0.717, 1.165) is 24.6 Å². The van der Waals surface area contributed by atoms with Crippen LogP contribution < -0.4 is 5.32 Å². The largest absolute Gasteiger partial charge is 0.352 e. The maximum Gasteiger partial charge on any atom is 0.252 e. The molecule has 0 saturated heterocycles. The molecule has 1 aliphatic carbocycles. The molecule has 0 bridgehead atoms. The minimum absolute atomic E-state index is 0.00417. The fourth-order valence-corrected chi connectivity index (χ4v) is 2.39. The molecule has 1 aromatic heterocycles. The van der Waals surface area contributed by atoms with E-state index in [4.69, 9.17) is 0 Å². The molecule has 3 heteroatoms. The van der Waals surface area contributed by atoms with E-state index in [1.807, 2.05) is 19.1 Å². The van der Waals surface area contributed by atoms with Gasteiger partial charge in [-0.1, -0.05) is 25.7 Å². The Kier molecular flexibility index (Phi) is 4.13. The Morgan fingerprint density at radius 3 is 2.82 bits per heavy atom. The lowest BCUT2D eigenvalue weighted by Crippen LogP contribution is -2.25. The van der Waals surface area contributed by atoms with Crippen molar-refractivity contribution in [3.05, 3.63) is 29.6 Å². The lowest BCUT2D eigenvalue weighted by molar-refractivity contribution is 0.0951. The van der Waals surface area contributed by atoms with Crippen LogP contribution in [0, 0.1) is 12.8 Å². The van der Waals surface area contributed by atoms with Crippen molar-refractivity contribution < 1.29 is 4.79 Å². The third kappa shape index (κ3) is 3.55. The fraction of sp³-hybridized carbons (Fsp3) is 0.571. The predicted molar refractivity (Wildman–Crippen MR) is 67.9 cm³/mol. The zero-order valence-electron chi connectivity index (χ0n) is 10.4. The summed E-state index contributed by atoms with van der Waals surface area (Å²) in [5.41, 5.74) is 1.59. The first-order valence-corrected chi connectivity index (χ1v) is 6.46. The second-order valence-electron chi connectivity index (χ2n) is 4.88. The summed E-state index contributed by atoms with van der Waals surface area (Å²) in [5, 5.41) is 2.97. The van der Waals surface area contributed by atoms with E-state index >= 15 is 0 Å². The summed E-state index contributed by atoms with van der Waals surface area (Å²) in [7, 11) is 0. The highest BCUT2D eigenvalue weighted by Crippen LogP contribution is 2.26. The van der Waals surface area contributed by atoms with Crippen LogP contribution in [0.3, 0.4) is 0 Å². The van der Waals surface area contributed by atoms with Crippen LogP contribution in [-0.4, -0.2) is 17.4 Å². The number of carbonyl (C=O) groups is 1. The second kappa shape index (κ2) is 5.80. The van der Waals surface area contributed by atoms with Gasteiger partial charge in [-0.2, -0.15) is 0 Å². The lowest BCUT2D eigenvalue weighted by Gasteiger charge is -2.09. The van der Waals surface area contributed by atoms with Gasteiger partial charge in [0, 0.05) is 18.4 Å². The Morgan fingerprint density at radius 2 is 2.18 bits per heavy atom. The number of pyridine rings is 1. The van der Waals surface area contributed by atoms with Gasteiger partial charge in [-0.3, -0.25) is 9.78 Å². The van der Waals surface area contributed by atoms with E-state index in [1.54, 1.807) is 6.20 Å². The smallest absolute Gasteiger partial charge is 0.252 e. The summed E-state index contributed by atoms with van der Waals surface area (Å²) in [4.78, 5) is 15.9. The molecule has 17 heavy (non-hydrogen) atoms. The molecule has 2 rings (SSSR count). The molecule has 1 fully saturated rings. The molecule has 0 spiro atoms. The summed E-state index contributed by atoms with van der Waals surface area (Å²) in [5.74, 6) is 0.821. The van der Waals surface area contributed by atoms with Crippen LogP contribution in [-0.2, 0) is 0 Å². The van der Waals surface area contributed by atoms with Gasteiger partial charge >= 0.3 is 0 Å². The molecule has 1 amide bonds. The number of carbonyl (C=O) groups excluding carboxylic acids is 1. The maximum absolute atomic E-state index is 11.8. The number of rotatable bonds is 4. The van der Waals surface area contributed by atoms with Crippen molar-refractivity contribution in [1.82, 2.24) is 10.3 Å². The summed E-state index contributed by atoms with van der Waals surface area (Å²) < 4.78 is 0. The van der Waals surface area contributed by atoms with Gasteiger partial charge in [0.25, 0.3) is 5.91 Å². The van der Waals surface area contributed by atoms with Crippen LogP contribution >= 0.6 is 0 Å². The molecular weight excluding hydrogens is 212 g/mol. The highest BCUT2D eigenvalue weighted by atomic mass is 16.1. The monoisotopic (exact) mass is 232 g/mol. The number of hydrogen-bond acceptors (Lipinski definition) is 2. The first kappa shape index (κ1) is 12.1. The molecular formula is C14H20N2O. The van der Waals surface area contributed by atoms with Crippen molar-refractivity contribution in [3.63, 3.8) is 0 Å². The molecule has 0 atom stereocenters. The molecule has 0 aliphatic heterocycles. The average Bonchev–Trinajstić information content (AvgIpc) is 2.83. The molecule has 1 saturated carbocycles. The standard InChI is InChI=1S/C14H20N2O/c1-11-6-7-13(10-16-11)14(17)15-9-8-12-4-2-3-5-12/h6-7,10,12H,2-5,8-9H2,1H3,(H,15,17). The third-order valence-corrected chi connectivity index (χ3v) is 3.49. The van der Waals surface area contributed by atoms with Crippen molar-refractivity contribution in [2.75, 3.05) is 6.54 Å². The van der Waals surface area contributed by atoms with Crippen LogP contribution in [0.5, 0.6) is 0 Å². The van der Waals surface area contributed by atoms with Gasteiger partial charge in [0.05, 0.1) is 5.56 Å². The van der Waals surface area contributed by atoms with Gasteiger partial charge in [0.15, 0.2) is 0 Å². The molecule has 1 N–H and O–H groups in total. The van der Waals surface area contributed by atoms with Gasteiger partial charge in [-0.25, -0.2) is 0 Å². The summed E-state index contributed by atoms with van der Waals surface area (Å²) in [6, 6.07) is 3.69. The van der Waals surface area contributed by atoms with Gasteiger partial charge in [0.2, 0.25) is 0 Å². The summed E-state index contributed by atoms with van der Waals surface area (Å²) in [6.45, 7) is 2.71. The Hall–Kier alpha value is -1.38. The molecule has 0 unspecified atom stereocenters. The van der Waals surface area contributed by atoms with E-state index in [-0.39, 0.29) is 5.91 Å². The van der Waals surface area contributed by atoms with Crippen molar-refractivity contribution in [2.24, 2.45) is 5.92 Å². The lowest BCUT2D eigenvalue weighted by atomic mass is 10.0. The highest BCUT2D eigenvalue weighted by molar-refractivity contribution is 5.93. The number of nitrogens with zero attached hydrogens (tertiary/aromatic N) is 1. The van der Waals surface area contributed by atoms with E-state index in [9.17, 15) is 4.79 Å². The molecule has 0 aromatic carbocycles. The average molecular weight is 232 g/mol. The number of hydrogen-bond donors (Lipinski definition) is 1. The van der Waals surface area contributed by atoms with Gasteiger partial charge in [-0.05, 0) is 31.4 Å². The maximum atomic E-state index is 11.8. The highest BCUT2D eigenvalue weighted by Gasteiger charge is 2.14. The minimum Gasteiger partial charge on any atom is -0.352 e. The molecule has 1 heterocycles. The van der Waals surface area contributed by atoms with Gasteiger partial charge in [-0.15, -0.1) is 0 Å². The Morgan fingerprint density at radius 1 is 1.41 bits per heavy atom. The first-order valence-electron chi connectivity index (χ1n) is 6.46. The van der Waals surface area contributed by atoms with Gasteiger partial charge < -0.3 is 5.32 Å². The first-order chi connectivity index (χ1) is 8.25. The molecule has 92 valence electrons. The zero-order valence-corrected chi connectivity index (χ0v) is 10.4. The Balaban J connectivity index is 1.75. The van der Waals surface area contributed by atoms with E-state index in [1.165, 1.54) is 25.7 Å². The van der Waals surface area contributed by atoms with Crippen LogP contribution in [0.25, 0.3) is 0 Å². The SMILES string of the molecule is Cc1ccc(C(=O)NCCC2CCCC2)cn1. The fourth-order valence-electron chi connectivity index (χ4n) is 2.39. The number of amides is 1. The summed E-state index contributed by atoms with van der Waals surface area (Å²) in [6.07, 6.45) is 8.15. The quantitative estimate of drug-likeness (QED) is 0.867. The Bertz CT molecular complexity index is 366. The van der Waals surface area contributed by atoms with Crippen LogP contribution in [0.1, 0.15) is 48.2 Å². The number of aryl methyl sites for hydroxylation is 1. The van der Waals surface area contributed by atoms with Crippen LogP contribution in [0.4, 0.5) is 0 Å². The predicted octanol–water partition coefficient (Wildman–Crippen LogP) is 2.70. The Labute approximate surface area is 103 Å². The van der Waals surface area contributed by atoms with Gasteiger partial charge in [0.1, 0.15) is 0 Å². The van der Waals surface area contributed by atoms with E-state index in [0.29, 0.717) is 5.56 Å². The molecule has 0 radical (unpaired) electrons. The molecule has 1 aliphatic rings. The number of aromatic nitrogens is 1. The van der Waals surface area contributed by atoms with E-state index < -0.39 is 0 Å². The number of nitrogens with one attached hydrogen (secondary N) is 1. The third-order valence-electron chi connectivity index (χ3n) is 3.49. The van der Waals surface area contributed by atoms with Crippen molar-refractivity contribution in [2.45, 2.75) is 39.0 Å². The van der Waals surface area contributed by atoms with Crippen molar-refractivity contribution in [1.29, 1.82) is 0 Å². The van der Waals surface area contributed by atoms with Crippen molar-refractivity contribution in [3.8, 4) is 0 Å².